The standard InChI is InChI=1S/C22H48N2.C2HF3O2/c1-5-8-10-12-14-16-18-24(20-22(23)21(4)7-3)19-17-15-13-11-9-6-2;3-2(4,5)1(6)7/h21-22H,5-20,23H2,1-4H3;(H,6,7)/t21-,22+;/m0./s1. The van der Waals surface area contributed by atoms with Crippen molar-refractivity contribution in [3.8, 4) is 0 Å². The van der Waals surface area contributed by atoms with Crippen LogP contribution in [0.5, 0.6) is 0 Å². The number of hydrogen-bond acceptors (Lipinski definition) is 3. The molecule has 0 aromatic heterocycles. The Labute approximate surface area is 189 Å². The summed E-state index contributed by atoms with van der Waals surface area (Å²) >= 11 is 0. The van der Waals surface area contributed by atoms with Gasteiger partial charge in [0.1, 0.15) is 0 Å². The van der Waals surface area contributed by atoms with Gasteiger partial charge in [-0.2, -0.15) is 13.2 Å². The molecule has 0 heterocycles. The molecule has 0 radical (unpaired) electrons. The molecule has 3 N–H and O–H groups in total. The molecule has 31 heavy (non-hydrogen) atoms. The molecule has 0 aliphatic rings. The molecule has 0 saturated heterocycles. The maximum absolute atomic E-state index is 10.6. The number of hydrogen-bond donors (Lipinski definition) is 2. The average Bonchev–Trinajstić information content (AvgIpc) is 2.71. The summed E-state index contributed by atoms with van der Waals surface area (Å²) in [6.07, 6.45) is 12.8. The highest BCUT2D eigenvalue weighted by Crippen LogP contribution is 2.13. The number of carbonyl (C=O) groups is 1. The molecular formula is C24H49F3N2O2. The molecule has 188 valence electrons. The quantitative estimate of drug-likeness (QED) is 0.218. The normalized spacial score (nSPS) is 13.6. The first kappa shape index (κ1) is 32.4. The van der Waals surface area contributed by atoms with Crippen LogP contribution in [0.25, 0.3) is 0 Å². The zero-order valence-corrected chi connectivity index (χ0v) is 20.5. The number of carboxylic acid groups (broad SMARTS) is 1. The molecule has 0 fully saturated rings. The first-order valence-corrected chi connectivity index (χ1v) is 12.4. The maximum atomic E-state index is 10.6. The molecule has 0 amide bonds. The van der Waals surface area contributed by atoms with Crippen molar-refractivity contribution in [2.45, 2.75) is 123 Å². The molecule has 0 aromatic rings. The van der Waals surface area contributed by atoms with Gasteiger partial charge in [-0.1, -0.05) is 98.3 Å². The fourth-order valence-corrected chi connectivity index (χ4v) is 3.31. The van der Waals surface area contributed by atoms with E-state index in [9.17, 15) is 13.2 Å². The van der Waals surface area contributed by atoms with Crippen LogP contribution in [0.3, 0.4) is 0 Å². The minimum atomic E-state index is -5.08. The molecule has 0 bridgehead atoms. The lowest BCUT2D eigenvalue weighted by atomic mass is 9.99. The molecule has 0 saturated carbocycles. The Morgan fingerprint density at radius 3 is 1.52 bits per heavy atom. The van der Waals surface area contributed by atoms with E-state index >= 15 is 0 Å². The molecule has 0 unspecified atom stereocenters. The van der Waals surface area contributed by atoms with Crippen molar-refractivity contribution in [1.82, 2.24) is 4.90 Å². The van der Waals surface area contributed by atoms with Crippen molar-refractivity contribution in [3.63, 3.8) is 0 Å². The summed E-state index contributed by atoms with van der Waals surface area (Å²) in [5.41, 5.74) is 6.43. The van der Waals surface area contributed by atoms with Gasteiger partial charge in [-0.15, -0.1) is 0 Å². The summed E-state index contributed by atoms with van der Waals surface area (Å²) in [6, 6.07) is 0.343. The molecule has 7 heteroatoms. The van der Waals surface area contributed by atoms with Crippen LogP contribution in [-0.4, -0.2) is 47.8 Å². The number of nitrogens with two attached hydrogens (primary N) is 1. The maximum Gasteiger partial charge on any atom is 0.490 e. The van der Waals surface area contributed by atoms with E-state index in [4.69, 9.17) is 15.6 Å². The summed E-state index contributed by atoms with van der Waals surface area (Å²) in [7, 11) is 0. The van der Waals surface area contributed by atoms with Crippen LogP contribution in [0.15, 0.2) is 0 Å². The predicted molar refractivity (Wildman–Crippen MR) is 124 cm³/mol. The van der Waals surface area contributed by atoms with Crippen molar-refractivity contribution >= 4 is 5.97 Å². The number of nitrogens with zero attached hydrogens (tertiary/aromatic N) is 1. The van der Waals surface area contributed by atoms with E-state index < -0.39 is 12.1 Å². The highest BCUT2D eigenvalue weighted by molar-refractivity contribution is 5.73. The second kappa shape index (κ2) is 21.0. The van der Waals surface area contributed by atoms with Crippen LogP contribution in [0.2, 0.25) is 0 Å². The van der Waals surface area contributed by atoms with Crippen molar-refractivity contribution in [3.05, 3.63) is 0 Å². The Morgan fingerprint density at radius 2 is 1.19 bits per heavy atom. The molecule has 4 nitrogen and oxygen atoms in total. The van der Waals surface area contributed by atoms with Gasteiger partial charge < -0.3 is 15.7 Å². The molecule has 2 atom stereocenters. The third kappa shape index (κ3) is 22.2. The van der Waals surface area contributed by atoms with E-state index in [1.54, 1.807) is 0 Å². The number of aliphatic carboxylic acids is 1. The zero-order chi connectivity index (χ0) is 24.1. The lowest BCUT2D eigenvalue weighted by Crippen LogP contribution is -2.42. The zero-order valence-electron chi connectivity index (χ0n) is 20.5. The van der Waals surface area contributed by atoms with Crippen LogP contribution >= 0.6 is 0 Å². The Balaban J connectivity index is 0. The summed E-state index contributed by atoms with van der Waals surface area (Å²) in [5.74, 6) is -2.12. The number of carboxylic acids is 1. The highest BCUT2D eigenvalue weighted by atomic mass is 19.4. The lowest BCUT2D eigenvalue weighted by Gasteiger charge is -2.28. The van der Waals surface area contributed by atoms with Gasteiger partial charge in [0.05, 0.1) is 0 Å². The van der Waals surface area contributed by atoms with Crippen LogP contribution in [-0.2, 0) is 4.79 Å². The predicted octanol–water partition coefficient (Wildman–Crippen LogP) is 7.02. The summed E-state index contributed by atoms with van der Waals surface area (Å²) < 4.78 is 31.7. The van der Waals surface area contributed by atoms with Gasteiger partial charge in [0.25, 0.3) is 0 Å². The third-order valence-electron chi connectivity index (χ3n) is 5.74. The fourth-order valence-electron chi connectivity index (χ4n) is 3.31. The summed E-state index contributed by atoms with van der Waals surface area (Å²) in [6.45, 7) is 12.8. The number of unbranched alkanes of at least 4 members (excludes halogenated alkanes) is 10. The Hall–Kier alpha value is -0.820. The largest absolute Gasteiger partial charge is 0.490 e. The topological polar surface area (TPSA) is 66.6 Å². The number of halogens is 3. The van der Waals surface area contributed by atoms with Gasteiger partial charge in [0.2, 0.25) is 0 Å². The third-order valence-corrected chi connectivity index (χ3v) is 5.74. The second-order valence-corrected chi connectivity index (χ2v) is 8.69. The van der Waals surface area contributed by atoms with E-state index in [1.807, 2.05) is 0 Å². The molecule has 0 aliphatic heterocycles. The number of rotatable bonds is 18. The van der Waals surface area contributed by atoms with Gasteiger partial charge in [-0.3, -0.25) is 0 Å². The van der Waals surface area contributed by atoms with Crippen molar-refractivity contribution in [1.29, 1.82) is 0 Å². The SMILES string of the molecule is CCCCCCCCN(CCCCCCCC)C[C@@H](N)[C@@H](C)CC.O=C(O)C(F)(F)F. The van der Waals surface area contributed by atoms with Gasteiger partial charge >= 0.3 is 12.1 Å². The van der Waals surface area contributed by atoms with Crippen molar-refractivity contribution in [2.24, 2.45) is 11.7 Å². The van der Waals surface area contributed by atoms with Gasteiger partial charge in [0.15, 0.2) is 0 Å². The fraction of sp³-hybridized carbons (Fsp3) is 0.958. The number of alkyl halides is 3. The van der Waals surface area contributed by atoms with E-state index in [1.165, 1.54) is 96.6 Å². The Bertz CT molecular complexity index is 391. The summed E-state index contributed by atoms with van der Waals surface area (Å²) in [4.78, 5) is 11.6. The minimum Gasteiger partial charge on any atom is -0.475 e. The molecule has 0 aliphatic carbocycles. The first-order chi connectivity index (χ1) is 14.6. The molecule has 0 aromatic carbocycles. The smallest absolute Gasteiger partial charge is 0.475 e. The van der Waals surface area contributed by atoms with E-state index in [0.29, 0.717) is 12.0 Å². The molecular weight excluding hydrogens is 405 g/mol. The van der Waals surface area contributed by atoms with Crippen LogP contribution < -0.4 is 5.73 Å². The Morgan fingerprint density at radius 1 is 0.839 bits per heavy atom. The lowest BCUT2D eigenvalue weighted by molar-refractivity contribution is -0.192. The van der Waals surface area contributed by atoms with Crippen LogP contribution in [0, 0.1) is 5.92 Å². The van der Waals surface area contributed by atoms with Gasteiger partial charge in [-0.25, -0.2) is 4.79 Å². The monoisotopic (exact) mass is 454 g/mol. The minimum absolute atomic E-state index is 0.343. The van der Waals surface area contributed by atoms with Gasteiger partial charge in [0, 0.05) is 12.6 Å². The van der Waals surface area contributed by atoms with Crippen LogP contribution in [0.4, 0.5) is 13.2 Å². The second-order valence-electron chi connectivity index (χ2n) is 8.69. The van der Waals surface area contributed by atoms with Crippen molar-refractivity contribution in [2.75, 3.05) is 19.6 Å². The highest BCUT2D eigenvalue weighted by Gasteiger charge is 2.38. The first-order valence-electron chi connectivity index (χ1n) is 12.4. The van der Waals surface area contributed by atoms with Crippen LogP contribution in [0.1, 0.15) is 111 Å². The van der Waals surface area contributed by atoms with E-state index in [2.05, 4.69) is 32.6 Å². The van der Waals surface area contributed by atoms with E-state index in [-0.39, 0.29) is 0 Å². The van der Waals surface area contributed by atoms with Crippen molar-refractivity contribution < 1.29 is 23.1 Å². The molecule has 0 spiro atoms. The van der Waals surface area contributed by atoms with Gasteiger partial charge in [-0.05, 0) is 31.8 Å². The Kier molecular flexibility index (Phi) is 22.0. The summed E-state index contributed by atoms with van der Waals surface area (Å²) in [5, 5.41) is 7.12. The average molecular weight is 455 g/mol. The molecule has 0 rings (SSSR count). The van der Waals surface area contributed by atoms with E-state index in [0.717, 1.165) is 6.54 Å².